The molecular weight excluding hydrogens is 438 g/mol. The van der Waals surface area contributed by atoms with E-state index in [4.69, 9.17) is 19.8 Å². The Kier molecular flexibility index (Phi) is 5.93. The highest BCUT2D eigenvalue weighted by molar-refractivity contribution is 9.10. The number of carbonyl (C=O) groups is 2. The number of carbonyl (C=O) groups excluding carboxylic acids is 1. The first-order valence-electron chi connectivity index (χ1n) is 9.42. The number of allylic oxidation sites excluding steroid dienone is 1. The maximum absolute atomic E-state index is 12.3. The Morgan fingerprint density at radius 2 is 1.79 bits per heavy atom. The lowest BCUT2D eigenvalue weighted by molar-refractivity contribution is -0.131. The lowest BCUT2D eigenvalue weighted by atomic mass is 9.99. The Morgan fingerprint density at radius 1 is 1.17 bits per heavy atom. The molecule has 0 aromatic heterocycles. The molecule has 0 saturated carbocycles. The van der Waals surface area contributed by atoms with Gasteiger partial charge in [-0.25, -0.2) is 9.59 Å². The number of likely N-dealkylation sites (tertiary alicyclic amines) is 1. The van der Waals surface area contributed by atoms with E-state index in [9.17, 15) is 9.59 Å². The van der Waals surface area contributed by atoms with Crippen molar-refractivity contribution in [2.75, 3.05) is 13.1 Å². The van der Waals surface area contributed by atoms with Crippen LogP contribution < -0.4 is 0 Å². The number of rotatable bonds is 3. The number of ether oxygens (including phenoxy) is 1. The van der Waals surface area contributed by atoms with Crippen molar-refractivity contribution in [2.24, 2.45) is 9.98 Å². The molecule has 0 atom stereocenters. The predicted molar refractivity (Wildman–Crippen MR) is 115 cm³/mol. The Balaban J connectivity index is 1.83. The topological polar surface area (TPSA) is 91.6 Å². The fourth-order valence-corrected chi connectivity index (χ4v) is 3.52. The molecule has 1 aromatic carbocycles. The van der Waals surface area contributed by atoms with Gasteiger partial charge in [0.15, 0.2) is 5.66 Å². The first kappa shape index (κ1) is 21.2. The summed E-state index contributed by atoms with van der Waals surface area (Å²) in [5.41, 5.74) is 0.855. The second-order valence-electron chi connectivity index (χ2n) is 8.09. The summed E-state index contributed by atoms with van der Waals surface area (Å²) in [5.74, 6) is -1.04. The van der Waals surface area contributed by atoms with Crippen molar-refractivity contribution >= 4 is 39.4 Å². The molecule has 1 aromatic rings. The van der Waals surface area contributed by atoms with Crippen LogP contribution in [0.3, 0.4) is 0 Å². The Morgan fingerprint density at radius 3 is 2.34 bits per heavy atom. The fourth-order valence-electron chi connectivity index (χ4n) is 3.25. The minimum absolute atomic E-state index is 0.336. The van der Waals surface area contributed by atoms with Crippen LogP contribution in [0.1, 0.15) is 39.2 Å². The molecule has 1 N–H and O–H groups in total. The van der Waals surface area contributed by atoms with Crippen LogP contribution in [0.25, 0.3) is 0 Å². The SMILES string of the molecule is CC(C)(C)OC(=O)N1CCC2(CC1)N=C(/C=C/C(=O)O)C(c1ccc(Br)cc1)=N2. The normalized spacial score (nSPS) is 18.7. The second-order valence-corrected chi connectivity index (χ2v) is 9.00. The summed E-state index contributed by atoms with van der Waals surface area (Å²) in [5, 5.41) is 9.01. The van der Waals surface area contributed by atoms with Crippen LogP contribution in [0.2, 0.25) is 0 Å². The Hall–Kier alpha value is -2.48. The van der Waals surface area contributed by atoms with Crippen LogP contribution in [0, 0.1) is 0 Å². The van der Waals surface area contributed by atoms with Gasteiger partial charge in [0.1, 0.15) is 5.60 Å². The summed E-state index contributed by atoms with van der Waals surface area (Å²) in [6.45, 7) is 6.48. The van der Waals surface area contributed by atoms with Crippen molar-refractivity contribution in [3.05, 3.63) is 46.5 Å². The molecule has 1 fully saturated rings. The van der Waals surface area contributed by atoms with Gasteiger partial charge in [0.25, 0.3) is 0 Å². The van der Waals surface area contributed by atoms with E-state index in [-0.39, 0.29) is 6.09 Å². The summed E-state index contributed by atoms with van der Waals surface area (Å²) in [4.78, 5) is 34.7. The van der Waals surface area contributed by atoms with Crippen molar-refractivity contribution in [3.8, 4) is 0 Å². The molecule has 2 aliphatic heterocycles. The highest BCUT2D eigenvalue weighted by Crippen LogP contribution is 2.34. The molecule has 0 radical (unpaired) electrons. The quantitative estimate of drug-likeness (QED) is 0.686. The molecular formula is C21H24BrN3O4. The largest absolute Gasteiger partial charge is 0.478 e. The maximum atomic E-state index is 12.3. The van der Waals surface area contributed by atoms with Crippen LogP contribution in [-0.2, 0) is 9.53 Å². The molecule has 3 rings (SSSR count). The minimum atomic E-state index is -1.04. The summed E-state index contributed by atoms with van der Waals surface area (Å²) in [6, 6.07) is 7.66. The number of carboxylic acid groups (broad SMARTS) is 1. The van der Waals surface area contributed by atoms with Crippen LogP contribution in [0.5, 0.6) is 0 Å². The average molecular weight is 462 g/mol. The number of benzene rings is 1. The monoisotopic (exact) mass is 461 g/mol. The third kappa shape index (κ3) is 5.32. The van der Waals surface area contributed by atoms with Crippen LogP contribution in [-0.4, -0.2) is 57.8 Å². The Bertz CT molecular complexity index is 889. The molecule has 8 heteroatoms. The molecule has 7 nitrogen and oxygen atoms in total. The zero-order valence-electron chi connectivity index (χ0n) is 16.7. The van der Waals surface area contributed by atoms with Gasteiger partial charge >= 0.3 is 12.1 Å². The van der Waals surface area contributed by atoms with E-state index in [1.54, 1.807) is 4.90 Å². The first-order chi connectivity index (χ1) is 13.6. The number of aliphatic imine (C=N–C) groups is 2. The van der Waals surface area contributed by atoms with E-state index in [1.807, 2.05) is 45.0 Å². The predicted octanol–water partition coefficient (Wildman–Crippen LogP) is 4.06. The van der Waals surface area contributed by atoms with Gasteiger partial charge in [-0.15, -0.1) is 0 Å². The van der Waals surface area contributed by atoms with Crippen molar-refractivity contribution in [3.63, 3.8) is 0 Å². The smallest absolute Gasteiger partial charge is 0.410 e. The van der Waals surface area contributed by atoms with Crippen LogP contribution in [0.15, 0.2) is 50.9 Å². The number of nitrogens with zero attached hydrogens (tertiary/aromatic N) is 3. The number of amides is 1. The van der Waals surface area contributed by atoms with E-state index in [1.165, 1.54) is 6.08 Å². The molecule has 1 amide bonds. The number of piperidine rings is 1. The number of carboxylic acids is 1. The third-order valence-electron chi connectivity index (χ3n) is 4.61. The highest BCUT2D eigenvalue weighted by Gasteiger charge is 2.40. The molecule has 1 spiro atoms. The van der Waals surface area contributed by atoms with Crippen molar-refractivity contribution in [1.29, 1.82) is 0 Å². The van der Waals surface area contributed by atoms with Gasteiger partial charge in [-0.3, -0.25) is 9.98 Å². The molecule has 0 bridgehead atoms. The standard InChI is InChI=1S/C21H24BrN3O4/c1-20(2,3)29-19(28)25-12-10-21(11-13-25)23-16(8-9-17(26)27)18(24-21)14-4-6-15(22)7-5-14/h4-9H,10-13H2,1-3H3,(H,26,27)/b9-8+. The molecule has 0 aliphatic carbocycles. The van der Waals surface area contributed by atoms with Crippen molar-refractivity contribution < 1.29 is 19.4 Å². The number of hydrogen-bond donors (Lipinski definition) is 1. The highest BCUT2D eigenvalue weighted by atomic mass is 79.9. The number of halogens is 1. The van der Waals surface area contributed by atoms with E-state index in [2.05, 4.69) is 15.9 Å². The van der Waals surface area contributed by atoms with Crippen molar-refractivity contribution in [2.45, 2.75) is 44.9 Å². The molecule has 0 unspecified atom stereocenters. The van der Waals surface area contributed by atoms with Gasteiger partial charge in [-0.05, 0) is 39.0 Å². The van der Waals surface area contributed by atoms with Gasteiger partial charge in [0.2, 0.25) is 0 Å². The lowest BCUT2D eigenvalue weighted by Crippen LogP contribution is -2.46. The van der Waals surface area contributed by atoms with E-state index in [0.717, 1.165) is 16.1 Å². The van der Waals surface area contributed by atoms with E-state index in [0.29, 0.717) is 37.4 Å². The molecule has 154 valence electrons. The summed E-state index contributed by atoms with van der Waals surface area (Å²) >= 11 is 3.42. The summed E-state index contributed by atoms with van der Waals surface area (Å²) < 4.78 is 6.39. The van der Waals surface area contributed by atoms with Crippen LogP contribution >= 0.6 is 15.9 Å². The van der Waals surface area contributed by atoms with Gasteiger partial charge in [0.05, 0.1) is 11.4 Å². The second kappa shape index (κ2) is 8.10. The summed E-state index contributed by atoms with van der Waals surface area (Å²) in [6.07, 6.45) is 3.32. The third-order valence-corrected chi connectivity index (χ3v) is 5.14. The Labute approximate surface area is 178 Å². The van der Waals surface area contributed by atoms with Gasteiger partial charge in [-0.1, -0.05) is 28.1 Å². The van der Waals surface area contributed by atoms with E-state index >= 15 is 0 Å². The zero-order chi connectivity index (χ0) is 21.2. The lowest BCUT2D eigenvalue weighted by Gasteiger charge is -2.36. The van der Waals surface area contributed by atoms with Crippen LogP contribution in [0.4, 0.5) is 4.79 Å². The fraction of sp³-hybridized carbons (Fsp3) is 0.429. The van der Waals surface area contributed by atoms with Gasteiger partial charge < -0.3 is 14.7 Å². The average Bonchev–Trinajstić information content (AvgIpc) is 2.98. The summed E-state index contributed by atoms with van der Waals surface area (Å²) in [7, 11) is 0. The number of hydrogen-bond acceptors (Lipinski definition) is 5. The van der Waals surface area contributed by atoms with Crippen molar-refractivity contribution in [1.82, 2.24) is 4.90 Å². The van der Waals surface area contributed by atoms with Gasteiger partial charge in [0, 0.05) is 42.0 Å². The molecule has 2 heterocycles. The minimum Gasteiger partial charge on any atom is -0.478 e. The maximum Gasteiger partial charge on any atom is 0.410 e. The molecule has 29 heavy (non-hydrogen) atoms. The first-order valence-corrected chi connectivity index (χ1v) is 10.2. The zero-order valence-corrected chi connectivity index (χ0v) is 18.3. The molecule has 2 aliphatic rings. The van der Waals surface area contributed by atoms with E-state index < -0.39 is 17.2 Å². The molecule has 1 saturated heterocycles. The van der Waals surface area contributed by atoms with Gasteiger partial charge in [-0.2, -0.15) is 0 Å². The number of aliphatic carboxylic acids is 1.